The fourth-order valence-corrected chi connectivity index (χ4v) is 2.43. The van der Waals surface area contributed by atoms with Gasteiger partial charge in [-0.2, -0.15) is 4.80 Å². The van der Waals surface area contributed by atoms with Gasteiger partial charge in [-0.1, -0.05) is 38.3 Å². The summed E-state index contributed by atoms with van der Waals surface area (Å²) in [6, 6.07) is 6.71. The van der Waals surface area contributed by atoms with Gasteiger partial charge in [-0.3, -0.25) is 9.59 Å². The van der Waals surface area contributed by atoms with Gasteiger partial charge < -0.3 is 11.1 Å². The lowest BCUT2D eigenvalue weighted by Crippen LogP contribution is -2.35. The molecular weight excluding hydrogens is 320 g/mol. The largest absolute Gasteiger partial charge is 0.366 e. The molecule has 2 rings (SSSR count). The van der Waals surface area contributed by atoms with Gasteiger partial charge in [0.25, 0.3) is 0 Å². The van der Waals surface area contributed by atoms with E-state index in [1.165, 1.54) is 11.2 Å². The quantitative estimate of drug-likeness (QED) is 0.669. The third-order valence-electron chi connectivity index (χ3n) is 3.81. The van der Waals surface area contributed by atoms with E-state index < -0.39 is 5.91 Å². The van der Waals surface area contributed by atoms with Crippen molar-refractivity contribution in [2.24, 2.45) is 5.73 Å². The average Bonchev–Trinajstić information content (AvgIpc) is 3.03. The van der Waals surface area contributed by atoms with Crippen molar-refractivity contribution in [2.45, 2.75) is 52.1 Å². The van der Waals surface area contributed by atoms with E-state index in [1.807, 2.05) is 6.92 Å². The van der Waals surface area contributed by atoms with Gasteiger partial charge in [-0.05, 0) is 30.7 Å². The van der Waals surface area contributed by atoms with Gasteiger partial charge >= 0.3 is 0 Å². The lowest BCUT2D eigenvalue weighted by molar-refractivity contribution is -0.122. The Morgan fingerprint density at radius 3 is 2.60 bits per heavy atom. The summed E-state index contributed by atoms with van der Waals surface area (Å²) in [5.74, 6) is -0.246. The fourth-order valence-electron chi connectivity index (χ4n) is 2.43. The molecular formula is C17H24N6O2. The molecule has 1 atom stereocenters. The zero-order valence-corrected chi connectivity index (χ0v) is 14.6. The van der Waals surface area contributed by atoms with Crippen molar-refractivity contribution < 1.29 is 9.59 Å². The van der Waals surface area contributed by atoms with Crippen molar-refractivity contribution in [3.63, 3.8) is 0 Å². The normalized spacial score (nSPS) is 11.9. The van der Waals surface area contributed by atoms with E-state index in [0.29, 0.717) is 17.0 Å². The second-order valence-electron chi connectivity index (χ2n) is 6.05. The molecule has 134 valence electrons. The maximum Gasteiger partial charge on any atom is 0.248 e. The van der Waals surface area contributed by atoms with Crippen LogP contribution in [-0.4, -0.2) is 38.1 Å². The van der Waals surface area contributed by atoms with E-state index in [-0.39, 0.29) is 18.5 Å². The summed E-state index contributed by atoms with van der Waals surface area (Å²) in [5, 5.41) is 15.0. The highest BCUT2D eigenvalue weighted by Gasteiger charge is 2.12. The highest BCUT2D eigenvalue weighted by atomic mass is 16.2. The number of nitrogens with two attached hydrogens (primary N) is 1. The molecule has 8 heteroatoms. The Bertz CT molecular complexity index is 710. The van der Waals surface area contributed by atoms with Gasteiger partial charge in [-0.15, -0.1) is 10.2 Å². The molecule has 2 amide bonds. The van der Waals surface area contributed by atoms with Crippen LogP contribution in [0, 0.1) is 0 Å². The number of nitrogens with one attached hydrogen (secondary N) is 1. The molecule has 0 fully saturated rings. The second-order valence-corrected chi connectivity index (χ2v) is 6.05. The molecule has 8 nitrogen and oxygen atoms in total. The fraction of sp³-hybridized carbons (Fsp3) is 0.471. The summed E-state index contributed by atoms with van der Waals surface area (Å²) in [6.07, 6.45) is 4.39. The van der Waals surface area contributed by atoms with E-state index in [9.17, 15) is 9.59 Å². The summed E-state index contributed by atoms with van der Waals surface area (Å²) in [5.41, 5.74) is 6.32. The van der Waals surface area contributed by atoms with Crippen LogP contribution in [0.25, 0.3) is 11.4 Å². The molecule has 3 N–H and O–H groups in total. The minimum absolute atomic E-state index is 0.0183. The van der Waals surface area contributed by atoms with Gasteiger partial charge in [0.2, 0.25) is 17.6 Å². The molecule has 25 heavy (non-hydrogen) atoms. The number of aromatic nitrogens is 4. The zero-order valence-electron chi connectivity index (χ0n) is 14.6. The molecule has 0 aliphatic carbocycles. The number of hydrogen-bond acceptors (Lipinski definition) is 5. The summed E-state index contributed by atoms with van der Waals surface area (Å²) in [6.45, 7) is 4.16. The number of rotatable bonds is 9. The molecule has 0 bridgehead atoms. The van der Waals surface area contributed by atoms with Crippen molar-refractivity contribution >= 4 is 11.8 Å². The number of nitrogens with zero attached hydrogens (tertiary/aromatic N) is 4. The van der Waals surface area contributed by atoms with Crippen LogP contribution in [0.4, 0.5) is 0 Å². The molecule has 2 aromatic rings. The van der Waals surface area contributed by atoms with Gasteiger partial charge in [0, 0.05) is 17.2 Å². The molecule has 1 aromatic heterocycles. The Labute approximate surface area is 146 Å². The van der Waals surface area contributed by atoms with E-state index in [4.69, 9.17) is 5.73 Å². The number of primary amides is 1. The second kappa shape index (κ2) is 8.91. The van der Waals surface area contributed by atoms with Crippen LogP contribution in [0.5, 0.6) is 0 Å². The molecule has 0 spiro atoms. The summed E-state index contributed by atoms with van der Waals surface area (Å²) >= 11 is 0. The van der Waals surface area contributed by atoms with Crippen LogP contribution in [0.1, 0.15) is 49.9 Å². The predicted molar refractivity (Wildman–Crippen MR) is 93.5 cm³/mol. The SMILES string of the molecule is CCCCC[C@H](C)NC(=O)Cn1nnc(-c2ccc(C(N)=O)cc2)n1. The Hall–Kier alpha value is -2.77. The highest BCUT2D eigenvalue weighted by Crippen LogP contribution is 2.14. The van der Waals surface area contributed by atoms with E-state index in [0.717, 1.165) is 19.3 Å². The first-order valence-corrected chi connectivity index (χ1v) is 8.47. The lowest BCUT2D eigenvalue weighted by Gasteiger charge is -2.12. The number of amides is 2. The summed E-state index contributed by atoms with van der Waals surface area (Å²) in [4.78, 5) is 24.4. The van der Waals surface area contributed by atoms with Crippen LogP contribution in [0.3, 0.4) is 0 Å². The number of tetrazole rings is 1. The molecule has 0 saturated carbocycles. The monoisotopic (exact) mass is 344 g/mol. The van der Waals surface area contributed by atoms with E-state index in [1.54, 1.807) is 24.3 Å². The van der Waals surface area contributed by atoms with Gasteiger partial charge in [-0.25, -0.2) is 0 Å². The number of benzene rings is 1. The van der Waals surface area contributed by atoms with Crippen LogP contribution < -0.4 is 11.1 Å². The number of carbonyl (C=O) groups excluding carboxylic acids is 2. The minimum atomic E-state index is -0.493. The maximum absolute atomic E-state index is 12.0. The van der Waals surface area contributed by atoms with Crippen molar-refractivity contribution in [1.82, 2.24) is 25.5 Å². The molecule has 0 saturated heterocycles. The van der Waals surface area contributed by atoms with Crippen molar-refractivity contribution in [1.29, 1.82) is 0 Å². The standard InChI is InChI=1S/C17H24N6O2/c1-3-4-5-6-12(2)19-15(24)11-23-21-17(20-22-23)14-9-7-13(8-10-14)16(18)25/h7-10,12H,3-6,11H2,1-2H3,(H2,18,25)(H,19,24)/t12-/m0/s1. The van der Waals surface area contributed by atoms with Crippen LogP contribution in [-0.2, 0) is 11.3 Å². The smallest absolute Gasteiger partial charge is 0.248 e. The molecule has 0 aliphatic heterocycles. The van der Waals surface area contributed by atoms with Crippen LogP contribution in [0.2, 0.25) is 0 Å². The van der Waals surface area contributed by atoms with Gasteiger partial charge in [0.05, 0.1) is 0 Å². The Morgan fingerprint density at radius 2 is 1.96 bits per heavy atom. The predicted octanol–water partition coefficient (Wildman–Crippen LogP) is 1.52. The summed E-state index contributed by atoms with van der Waals surface area (Å²) < 4.78 is 0. The van der Waals surface area contributed by atoms with Crippen molar-refractivity contribution in [3.8, 4) is 11.4 Å². The van der Waals surface area contributed by atoms with E-state index >= 15 is 0 Å². The zero-order chi connectivity index (χ0) is 18.2. The lowest BCUT2D eigenvalue weighted by atomic mass is 10.1. The van der Waals surface area contributed by atoms with Crippen molar-refractivity contribution in [3.05, 3.63) is 29.8 Å². The average molecular weight is 344 g/mol. The highest BCUT2D eigenvalue weighted by molar-refractivity contribution is 5.93. The van der Waals surface area contributed by atoms with Gasteiger partial charge in [0.15, 0.2) is 0 Å². The molecule has 0 aliphatic rings. The number of unbranched alkanes of at least 4 members (excludes halogenated alkanes) is 2. The number of carbonyl (C=O) groups is 2. The first-order valence-electron chi connectivity index (χ1n) is 8.47. The van der Waals surface area contributed by atoms with Crippen LogP contribution >= 0.6 is 0 Å². The molecule has 0 radical (unpaired) electrons. The minimum Gasteiger partial charge on any atom is -0.366 e. The first kappa shape index (κ1) is 18.6. The topological polar surface area (TPSA) is 116 Å². The van der Waals surface area contributed by atoms with Crippen LogP contribution in [0.15, 0.2) is 24.3 Å². The molecule has 1 aromatic carbocycles. The third kappa shape index (κ3) is 5.66. The van der Waals surface area contributed by atoms with Gasteiger partial charge in [0.1, 0.15) is 6.54 Å². The third-order valence-corrected chi connectivity index (χ3v) is 3.81. The number of hydrogen-bond donors (Lipinski definition) is 2. The molecule has 0 unspecified atom stereocenters. The van der Waals surface area contributed by atoms with Crippen molar-refractivity contribution in [2.75, 3.05) is 0 Å². The Morgan fingerprint density at radius 1 is 1.24 bits per heavy atom. The maximum atomic E-state index is 12.0. The molecule has 1 heterocycles. The van der Waals surface area contributed by atoms with E-state index in [2.05, 4.69) is 27.7 Å². The first-order chi connectivity index (χ1) is 12.0. The Balaban J connectivity index is 1.90. The summed E-state index contributed by atoms with van der Waals surface area (Å²) in [7, 11) is 0. The Kier molecular flexibility index (Phi) is 6.62.